The molecule has 1 heterocycles. The van der Waals surface area contributed by atoms with Crippen molar-refractivity contribution in [1.29, 1.82) is 0 Å². The summed E-state index contributed by atoms with van der Waals surface area (Å²) in [5, 5.41) is 2.35. The van der Waals surface area contributed by atoms with Crippen LogP contribution in [-0.4, -0.2) is 6.29 Å². The molecule has 0 amide bonds. The lowest BCUT2D eigenvalue weighted by atomic mass is 9.87. The second kappa shape index (κ2) is 6.08. The monoisotopic (exact) mass is 354 g/mol. The molecule has 3 aromatic carbocycles. The van der Waals surface area contributed by atoms with E-state index in [-0.39, 0.29) is 0 Å². The van der Waals surface area contributed by atoms with Crippen LogP contribution in [0.1, 0.15) is 60.3 Å². The van der Waals surface area contributed by atoms with Gasteiger partial charge in [-0.25, -0.2) is 0 Å². The Balaban J connectivity index is 1.81. The number of rotatable bonds is 1. The summed E-state index contributed by atoms with van der Waals surface area (Å²) in [6, 6.07) is 18.3. The lowest BCUT2D eigenvalue weighted by Gasteiger charge is -2.24. The van der Waals surface area contributed by atoms with Crippen molar-refractivity contribution in [3.63, 3.8) is 0 Å². The number of hydrogen-bond donors (Lipinski definition) is 0. The molecule has 0 unspecified atom stereocenters. The number of hydrogen-bond acceptors (Lipinski definition) is 2. The number of ether oxygens (including phenoxy) is 1. The number of aldehydes is 1. The van der Waals surface area contributed by atoms with Gasteiger partial charge in [0.25, 0.3) is 0 Å². The summed E-state index contributed by atoms with van der Waals surface area (Å²) in [4.78, 5) is 11.7. The predicted molar refractivity (Wildman–Crippen MR) is 109 cm³/mol. The van der Waals surface area contributed by atoms with E-state index in [9.17, 15) is 4.79 Å². The molecule has 0 saturated carbocycles. The van der Waals surface area contributed by atoms with E-state index in [0.29, 0.717) is 5.56 Å². The fourth-order valence-electron chi connectivity index (χ4n) is 3.97. The van der Waals surface area contributed by atoms with E-state index in [2.05, 4.69) is 50.0 Å². The average molecular weight is 354 g/mol. The molecule has 27 heavy (non-hydrogen) atoms. The van der Waals surface area contributed by atoms with Gasteiger partial charge in [-0.1, -0.05) is 42.2 Å². The molecule has 2 nitrogen and oxygen atoms in total. The molecule has 0 aromatic heterocycles. The lowest BCUT2D eigenvalue weighted by Crippen LogP contribution is -2.22. The highest BCUT2D eigenvalue weighted by molar-refractivity contribution is 5.84. The van der Waals surface area contributed by atoms with E-state index in [1.54, 1.807) is 0 Å². The van der Waals surface area contributed by atoms with Crippen molar-refractivity contribution in [2.45, 2.75) is 38.9 Å². The van der Waals surface area contributed by atoms with Crippen LogP contribution in [-0.2, 0) is 15.9 Å². The number of benzene rings is 3. The number of fused-ring (bicyclic) bond motifs is 2. The zero-order valence-electron chi connectivity index (χ0n) is 16.1. The van der Waals surface area contributed by atoms with Gasteiger partial charge in [0.15, 0.2) is 6.29 Å². The van der Waals surface area contributed by atoms with Gasteiger partial charge < -0.3 is 4.74 Å². The first kappa shape index (κ1) is 17.5. The predicted octanol–water partition coefficient (Wildman–Crippen LogP) is 5.55. The SMILES string of the molecule is CC1(C)OC(C)(C)c2cc(C=O)c(C#Cc3ccc4ccccc4c3)cc21. The Kier molecular flexibility index (Phi) is 3.94. The topological polar surface area (TPSA) is 26.3 Å². The molecule has 2 heteroatoms. The van der Waals surface area contributed by atoms with Gasteiger partial charge >= 0.3 is 0 Å². The molecule has 0 saturated heterocycles. The summed E-state index contributed by atoms with van der Waals surface area (Å²) in [5.74, 6) is 6.42. The third kappa shape index (κ3) is 3.05. The van der Waals surface area contributed by atoms with Crippen molar-refractivity contribution >= 4 is 17.1 Å². The highest BCUT2D eigenvalue weighted by Crippen LogP contribution is 2.47. The maximum Gasteiger partial charge on any atom is 0.151 e. The third-order valence-electron chi connectivity index (χ3n) is 5.22. The molecule has 0 aliphatic carbocycles. The molecule has 0 bridgehead atoms. The van der Waals surface area contributed by atoms with Gasteiger partial charge in [0.2, 0.25) is 0 Å². The molecule has 0 radical (unpaired) electrons. The summed E-state index contributed by atoms with van der Waals surface area (Å²) >= 11 is 0. The molecule has 134 valence electrons. The van der Waals surface area contributed by atoms with Crippen LogP contribution in [0.15, 0.2) is 54.6 Å². The maximum absolute atomic E-state index is 11.7. The van der Waals surface area contributed by atoms with Gasteiger partial charge in [0, 0.05) is 16.7 Å². The second-order valence-corrected chi connectivity index (χ2v) is 8.04. The van der Waals surface area contributed by atoms with Gasteiger partial charge in [-0.05, 0) is 73.9 Å². The van der Waals surface area contributed by atoms with Crippen LogP contribution in [0.4, 0.5) is 0 Å². The third-order valence-corrected chi connectivity index (χ3v) is 5.22. The molecule has 0 N–H and O–H groups in total. The second-order valence-electron chi connectivity index (χ2n) is 8.04. The molecular formula is C25H22O2. The lowest BCUT2D eigenvalue weighted by molar-refractivity contribution is -0.105. The summed E-state index contributed by atoms with van der Waals surface area (Å²) in [7, 11) is 0. The molecule has 0 fully saturated rings. The quantitative estimate of drug-likeness (QED) is 0.423. The van der Waals surface area contributed by atoms with Crippen LogP contribution < -0.4 is 0 Å². The van der Waals surface area contributed by atoms with Crippen LogP contribution in [0.5, 0.6) is 0 Å². The Hall–Kier alpha value is -2.89. The first-order chi connectivity index (χ1) is 12.8. The fraction of sp³-hybridized carbons (Fsp3) is 0.240. The summed E-state index contributed by atoms with van der Waals surface area (Å²) in [5.41, 5.74) is 3.62. The van der Waals surface area contributed by atoms with Crippen molar-refractivity contribution in [3.8, 4) is 11.8 Å². The van der Waals surface area contributed by atoms with Crippen LogP contribution in [0.3, 0.4) is 0 Å². The van der Waals surface area contributed by atoms with Crippen molar-refractivity contribution < 1.29 is 9.53 Å². The van der Waals surface area contributed by atoms with Crippen LogP contribution >= 0.6 is 0 Å². The van der Waals surface area contributed by atoms with Gasteiger partial charge in [-0.3, -0.25) is 4.79 Å². The Labute approximate surface area is 160 Å². The van der Waals surface area contributed by atoms with Crippen molar-refractivity contribution in [2.24, 2.45) is 0 Å². The van der Waals surface area contributed by atoms with Crippen LogP contribution in [0.2, 0.25) is 0 Å². The van der Waals surface area contributed by atoms with Gasteiger partial charge in [0.1, 0.15) is 0 Å². The average Bonchev–Trinajstić information content (AvgIpc) is 2.82. The zero-order chi connectivity index (χ0) is 19.2. The van der Waals surface area contributed by atoms with E-state index in [4.69, 9.17) is 4.74 Å². The van der Waals surface area contributed by atoms with Crippen LogP contribution in [0.25, 0.3) is 10.8 Å². The van der Waals surface area contributed by atoms with E-state index >= 15 is 0 Å². The largest absolute Gasteiger partial charge is 0.360 e. The Bertz CT molecular complexity index is 1120. The minimum Gasteiger partial charge on any atom is -0.360 e. The molecule has 0 atom stereocenters. The summed E-state index contributed by atoms with van der Waals surface area (Å²) < 4.78 is 6.21. The van der Waals surface area contributed by atoms with Crippen LogP contribution in [0, 0.1) is 11.8 Å². The normalized spacial score (nSPS) is 16.4. The molecule has 1 aliphatic heterocycles. The van der Waals surface area contributed by atoms with Crippen molar-refractivity contribution in [3.05, 3.63) is 82.4 Å². The maximum atomic E-state index is 11.7. The van der Waals surface area contributed by atoms with Crippen molar-refractivity contribution in [1.82, 2.24) is 0 Å². The van der Waals surface area contributed by atoms with E-state index in [1.807, 2.05) is 44.2 Å². The summed E-state index contributed by atoms with van der Waals surface area (Å²) in [6.45, 7) is 8.19. The molecular weight excluding hydrogens is 332 g/mol. The Morgan fingerprint density at radius 3 is 2.19 bits per heavy atom. The standard InChI is InChI=1S/C25H22O2/c1-24(2)22-14-20(21(16-26)15-23(22)25(3,4)27-24)12-10-17-9-11-18-7-5-6-8-19(18)13-17/h5-9,11,13-16H,1-4H3. The van der Waals surface area contributed by atoms with E-state index in [1.165, 1.54) is 5.39 Å². The minimum absolute atomic E-state index is 0.403. The highest BCUT2D eigenvalue weighted by Gasteiger charge is 2.43. The molecule has 0 spiro atoms. The fourth-order valence-corrected chi connectivity index (χ4v) is 3.97. The number of carbonyl (C=O) groups is 1. The van der Waals surface area contributed by atoms with Gasteiger partial charge in [-0.15, -0.1) is 0 Å². The first-order valence-corrected chi connectivity index (χ1v) is 9.15. The van der Waals surface area contributed by atoms with E-state index < -0.39 is 11.2 Å². The van der Waals surface area contributed by atoms with Gasteiger partial charge in [0.05, 0.1) is 11.2 Å². The first-order valence-electron chi connectivity index (χ1n) is 9.15. The highest BCUT2D eigenvalue weighted by atomic mass is 16.5. The number of carbonyl (C=O) groups excluding carboxylic acids is 1. The van der Waals surface area contributed by atoms with Crippen molar-refractivity contribution in [2.75, 3.05) is 0 Å². The zero-order valence-corrected chi connectivity index (χ0v) is 16.1. The smallest absolute Gasteiger partial charge is 0.151 e. The molecule has 1 aliphatic rings. The Morgan fingerprint density at radius 2 is 1.48 bits per heavy atom. The Morgan fingerprint density at radius 1 is 0.815 bits per heavy atom. The molecule has 4 rings (SSSR count). The minimum atomic E-state index is -0.416. The van der Waals surface area contributed by atoms with E-state index in [0.717, 1.165) is 33.9 Å². The summed E-state index contributed by atoms with van der Waals surface area (Å²) in [6.07, 6.45) is 0.881. The molecule has 3 aromatic rings. The van der Waals surface area contributed by atoms with Gasteiger partial charge in [-0.2, -0.15) is 0 Å².